The molecule has 0 unspecified atom stereocenters. The highest BCUT2D eigenvalue weighted by atomic mass is 16.5. The predicted octanol–water partition coefficient (Wildman–Crippen LogP) is 7.94. The Bertz CT molecular complexity index is 990. The van der Waals surface area contributed by atoms with Gasteiger partial charge in [-0.25, -0.2) is 0 Å². The first-order valence-corrected chi connectivity index (χ1v) is 13.6. The molecule has 2 aromatic rings. The second-order valence-electron chi connectivity index (χ2n) is 14.8. The summed E-state index contributed by atoms with van der Waals surface area (Å²) in [5, 5.41) is 22.8. The van der Waals surface area contributed by atoms with Gasteiger partial charge in [-0.15, -0.1) is 0 Å². The van der Waals surface area contributed by atoms with E-state index < -0.39 is 0 Å². The number of methoxy groups -OCH3 is 1. The molecule has 2 rings (SSSR count). The van der Waals surface area contributed by atoms with Crippen molar-refractivity contribution in [1.82, 2.24) is 4.90 Å². The van der Waals surface area contributed by atoms with Crippen LogP contribution in [0.4, 0.5) is 0 Å². The third kappa shape index (κ3) is 7.97. The number of benzene rings is 2. The van der Waals surface area contributed by atoms with Gasteiger partial charge < -0.3 is 14.9 Å². The van der Waals surface area contributed by atoms with Gasteiger partial charge in [0.15, 0.2) is 0 Å². The second-order valence-corrected chi connectivity index (χ2v) is 14.8. The summed E-state index contributed by atoms with van der Waals surface area (Å²) < 4.78 is 5.45. The van der Waals surface area contributed by atoms with Crippen molar-refractivity contribution < 1.29 is 14.9 Å². The van der Waals surface area contributed by atoms with Crippen molar-refractivity contribution in [1.29, 1.82) is 0 Å². The van der Waals surface area contributed by atoms with E-state index in [9.17, 15) is 10.2 Å². The third-order valence-electron chi connectivity index (χ3n) is 7.13. The van der Waals surface area contributed by atoms with Crippen LogP contribution in [0.2, 0.25) is 0 Å². The minimum absolute atomic E-state index is 0.0409. The predicted molar refractivity (Wildman–Crippen MR) is 157 cm³/mol. The number of rotatable bonds is 7. The molecule has 0 bridgehead atoms. The van der Waals surface area contributed by atoms with Crippen molar-refractivity contribution >= 4 is 0 Å². The van der Waals surface area contributed by atoms with Gasteiger partial charge in [0.05, 0.1) is 6.61 Å². The van der Waals surface area contributed by atoms with E-state index in [4.69, 9.17) is 4.74 Å². The lowest BCUT2D eigenvalue weighted by atomic mass is 9.78. The van der Waals surface area contributed by atoms with Gasteiger partial charge in [0.25, 0.3) is 0 Å². The lowest BCUT2D eigenvalue weighted by Crippen LogP contribution is -2.28. The molecule has 37 heavy (non-hydrogen) atoms. The highest BCUT2D eigenvalue weighted by molar-refractivity contribution is 5.50. The fourth-order valence-electron chi connectivity index (χ4n) is 4.56. The van der Waals surface area contributed by atoms with Crippen LogP contribution in [0.15, 0.2) is 24.3 Å². The number of hydrogen-bond donors (Lipinski definition) is 2. The molecule has 0 saturated heterocycles. The molecule has 0 aliphatic heterocycles. The first-order chi connectivity index (χ1) is 16.7. The van der Waals surface area contributed by atoms with Gasteiger partial charge in [-0.2, -0.15) is 0 Å². The summed E-state index contributed by atoms with van der Waals surface area (Å²) in [5.41, 5.74) is 5.74. The van der Waals surface area contributed by atoms with Crippen molar-refractivity contribution in [2.45, 2.75) is 118 Å². The first kappa shape index (κ1) is 31.2. The van der Waals surface area contributed by atoms with Crippen LogP contribution in [0, 0.1) is 0 Å². The van der Waals surface area contributed by atoms with E-state index in [1.807, 2.05) is 0 Å². The number of phenolic OH excluding ortho intramolecular Hbond substituents is 2. The molecule has 208 valence electrons. The molecule has 0 aliphatic rings. The number of ether oxygens (including phenoxy) is 1. The van der Waals surface area contributed by atoms with Crippen LogP contribution in [0.3, 0.4) is 0 Å². The van der Waals surface area contributed by atoms with Crippen LogP contribution >= 0.6 is 0 Å². The minimum Gasteiger partial charge on any atom is -0.507 e. The van der Waals surface area contributed by atoms with Gasteiger partial charge in [0.2, 0.25) is 0 Å². The van der Waals surface area contributed by atoms with Gasteiger partial charge in [0, 0.05) is 37.9 Å². The van der Waals surface area contributed by atoms with Gasteiger partial charge in [0.1, 0.15) is 11.5 Å². The number of phenols is 2. The van der Waals surface area contributed by atoms with E-state index in [-0.39, 0.29) is 21.7 Å². The molecule has 2 aromatic carbocycles. The molecule has 0 amide bonds. The molecule has 4 nitrogen and oxygen atoms in total. The SMILES string of the molecule is COCCN(Cc1cc(C(C)(C)C)cc(C(C)(C)C)c1O)Cc1cc(C(C)(C)C)cc(C(C)(C)C)c1O. The molecular weight excluding hydrogens is 458 g/mol. The van der Waals surface area contributed by atoms with E-state index in [0.717, 1.165) is 22.3 Å². The van der Waals surface area contributed by atoms with Crippen molar-refractivity contribution in [3.63, 3.8) is 0 Å². The zero-order valence-electron chi connectivity index (χ0n) is 25.9. The zero-order valence-corrected chi connectivity index (χ0v) is 25.9. The van der Waals surface area contributed by atoms with Crippen molar-refractivity contribution in [3.05, 3.63) is 57.6 Å². The molecule has 0 atom stereocenters. The molecule has 0 aliphatic carbocycles. The largest absolute Gasteiger partial charge is 0.507 e. The standard InChI is InChI=1S/C33H53NO3/c1-30(2,3)24-16-22(28(35)26(18-24)32(7,8)9)20-34(14-15-37-13)21-23-17-25(31(4,5)6)19-27(29(23)36)33(10,11)12/h16-19,35-36H,14-15,20-21H2,1-13H3. The summed E-state index contributed by atoms with van der Waals surface area (Å²) in [6.07, 6.45) is 0. The van der Waals surface area contributed by atoms with Crippen LogP contribution < -0.4 is 0 Å². The van der Waals surface area contributed by atoms with E-state index in [0.29, 0.717) is 37.7 Å². The van der Waals surface area contributed by atoms with Gasteiger partial charge in [-0.3, -0.25) is 4.90 Å². The zero-order chi connectivity index (χ0) is 28.6. The summed E-state index contributed by atoms with van der Waals surface area (Å²) in [6.45, 7) is 28.5. The van der Waals surface area contributed by atoms with E-state index in [1.165, 1.54) is 11.1 Å². The number of hydrogen-bond acceptors (Lipinski definition) is 4. The molecule has 0 heterocycles. The molecule has 0 radical (unpaired) electrons. The summed E-state index contributed by atoms with van der Waals surface area (Å²) in [7, 11) is 1.71. The minimum atomic E-state index is -0.182. The second kappa shape index (κ2) is 11.0. The average molecular weight is 512 g/mol. The first-order valence-electron chi connectivity index (χ1n) is 13.6. The van der Waals surface area contributed by atoms with Crippen LogP contribution in [-0.2, 0) is 39.5 Å². The lowest BCUT2D eigenvalue weighted by Gasteiger charge is -2.31. The summed E-state index contributed by atoms with van der Waals surface area (Å²) in [6, 6.07) is 8.62. The maximum Gasteiger partial charge on any atom is 0.123 e. The van der Waals surface area contributed by atoms with E-state index in [2.05, 4.69) is 112 Å². The Morgan fingerprint density at radius 3 is 1.22 bits per heavy atom. The van der Waals surface area contributed by atoms with E-state index >= 15 is 0 Å². The quantitative estimate of drug-likeness (QED) is 0.396. The van der Waals surface area contributed by atoms with Crippen LogP contribution in [0.25, 0.3) is 0 Å². The maximum absolute atomic E-state index is 11.4. The highest BCUT2D eigenvalue weighted by Crippen LogP contribution is 2.40. The Balaban J connectivity index is 2.63. The Kier molecular flexibility index (Phi) is 9.25. The third-order valence-corrected chi connectivity index (χ3v) is 7.13. The van der Waals surface area contributed by atoms with Gasteiger partial charge in [-0.1, -0.05) is 107 Å². The Labute approximate surface area is 227 Å². The number of nitrogens with zero attached hydrogens (tertiary/aromatic N) is 1. The fourth-order valence-corrected chi connectivity index (χ4v) is 4.56. The molecule has 0 saturated carbocycles. The molecular formula is C33H53NO3. The van der Waals surface area contributed by atoms with Crippen molar-refractivity contribution in [3.8, 4) is 11.5 Å². The van der Waals surface area contributed by atoms with Crippen LogP contribution in [0.5, 0.6) is 11.5 Å². The smallest absolute Gasteiger partial charge is 0.123 e. The lowest BCUT2D eigenvalue weighted by molar-refractivity contribution is 0.138. The Morgan fingerprint density at radius 2 is 0.946 bits per heavy atom. The maximum atomic E-state index is 11.4. The van der Waals surface area contributed by atoms with Crippen molar-refractivity contribution in [2.24, 2.45) is 0 Å². The van der Waals surface area contributed by atoms with Gasteiger partial charge >= 0.3 is 0 Å². The topological polar surface area (TPSA) is 52.9 Å². The molecule has 2 N–H and O–H groups in total. The summed E-state index contributed by atoms with van der Waals surface area (Å²) >= 11 is 0. The molecule has 4 heteroatoms. The van der Waals surface area contributed by atoms with E-state index in [1.54, 1.807) is 7.11 Å². The fraction of sp³-hybridized carbons (Fsp3) is 0.636. The van der Waals surface area contributed by atoms with Gasteiger partial charge in [-0.05, 0) is 43.9 Å². The summed E-state index contributed by atoms with van der Waals surface area (Å²) in [5.74, 6) is 0.733. The Hall–Kier alpha value is -2.04. The number of aromatic hydroxyl groups is 2. The van der Waals surface area contributed by atoms with Crippen LogP contribution in [-0.4, -0.2) is 35.4 Å². The average Bonchev–Trinajstić information content (AvgIpc) is 2.71. The van der Waals surface area contributed by atoms with Crippen LogP contribution in [0.1, 0.15) is 116 Å². The molecule has 0 spiro atoms. The molecule has 0 aromatic heterocycles. The monoisotopic (exact) mass is 511 g/mol. The highest BCUT2D eigenvalue weighted by Gasteiger charge is 2.28. The summed E-state index contributed by atoms with van der Waals surface area (Å²) in [4.78, 5) is 2.27. The molecule has 0 fully saturated rings. The Morgan fingerprint density at radius 1 is 0.595 bits per heavy atom. The normalized spacial score (nSPS) is 13.5. The van der Waals surface area contributed by atoms with Crippen molar-refractivity contribution in [2.75, 3.05) is 20.3 Å².